The largest absolute Gasteiger partial charge is 0.494 e. The summed E-state index contributed by atoms with van der Waals surface area (Å²) in [6, 6.07) is 8.44. The minimum absolute atomic E-state index is 0.386. The van der Waals surface area contributed by atoms with Crippen molar-refractivity contribution in [3.63, 3.8) is 0 Å². The second-order valence-corrected chi connectivity index (χ2v) is 16.6. The fourth-order valence-corrected chi connectivity index (χ4v) is 8.25. The van der Waals surface area contributed by atoms with Gasteiger partial charge in [-0.1, -0.05) is 6.92 Å². The number of piperazine rings is 1. The number of rotatable bonds is 9. The second-order valence-electron chi connectivity index (χ2n) is 12.6. The van der Waals surface area contributed by atoms with E-state index < -0.39 is 13.4 Å². The molecule has 1 unspecified atom stereocenters. The summed E-state index contributed by atoms with van der Waals surface area (Å²) in [5.41, 5.74) is 5.11. The number of aryl methyl sites for hydroxylation is 1. The number of nitrogens with zero attached hydrogens (tertiary/aromatic N) is 7. The van der Waals surface area contributed by atoms with E-state index >= 15 is 0 Å². The Bertz CT molecular complexity index is 1800. The summed E-state index contributed by atoms with van der Waals surface area (Å²) >= 11 is 3.58. The lowest BCUT2D eigenvalue weighted by molar-refractivity contribution is -0.0559. The smallest absolute Gasteiger partial charge is 0.229 e. The Morgan fingerprint density at radius 1 is 1.04 bits per heavy atom. The highest BCUT2D eigenvalue weighted by molar-refractivity contribution is 9.10. The average molecular weight is 725 g/mol. The van der Waals surface area contributed by atoms with Crippen LogP contribution in [0.2, 0.25) is 0 Å². The number of benzene rings is 2. The van der Waals surface area contributed by atoms with Gasteiger partial charge in [0.2, 0.25) is 5.95 Å². The van der Waals surface area contributed by atoms with Crippen LogP contribution in [0.5, 0.6) is 5.75 Å². The summed E-state index contributed by atoms with van der Waals surface area (Å²) in [5, 5.41) is 17.7. The molecule has 0 spiro atoms. The number of nitrogens with one attached hydrogen (secondary N) is 2. The Labute approximate surface area is 284 Å². The summed E-state index contributed by atoms with van der Waals surface area (Å²) in [4.78, 5) is 25.1. The monoisotopic (exact) mass is 723 g/mol. The molecule has 2 fully saturated rings. The van der Waals surface area contributed by atoms with Crippen molar-refractivity contribution in [1.82, 2.24) is 29.7 Å². The SMILES string of the molecule is CCc1cc(Nc2ncc(Br)c(Nc3ccc4nccnc4c3P(C)(C)=O)n2)c(OC)cc1N1CCC(N2CCN(C)C(O)C2)CC1. The lowest BCUT2D eigenvalue weighted by Gasteiger charge is -2.44. The van der Waals surface area contributed by atoms with Crippen LogP contribution in [-0.2, 0) is 11.0 Å². The molecule has 6 rings (SSSR count). The minimum Gasteiger partial charge on any atom is -0.494 e. The van der Waals surface area contributed by atoms with E-state index in [1.54, 1.807) is 39.0 Å². The normalized spacial score (nSPS) is 18.4. The van der Waals surface area contributed by atoms with E-state index in [1.807, 2.05) is 24.1 Å². The number of ether oxygens (including phenoxy) is 1. The first-order chi connectivity index (χ1) is 22.5. The Morgan fingerprint density at radius 3 is 2.51 bits per heavy atom. The first kappa shape index (κ1) is 33.5. The van der Waals surface area contributed by atoms with E-state index in [0.29, 0.717) is 56.6 Å². The van der Waals surface area contributed by atoms with Crippen molar-refractivity contribution < 1.29 is 14.4 Å². The third-order valence-electron chi connectivity index (χ3n) is 9.15. The quantitative estimate of drug-likeness (QED) is 0.200. The van der Waals surface area contributed by atoms with E-state index in [9.17, 15) is 9.67 Å². The van der Waals surface area contributed by atoms with Gasteiger partial charge in [0, 0.05) is 69.1 Å². The molecule has 2 aliphatic heterocycles. The van der Waals surface area contributed by atoms with Crippen LogP contribution in [0, 0.1) is 0 Å². The third kappa shape index (κ3) is 7.24. The molecule has 0 radical (unpaired) electrons. The number of aromatic nitrogens is 4. The highest BCUT2D eigenvalue weighted by Crippen LogP contribution is 2.42. The number of fused-ring (bicyclic) bond motifs is 1. The summed E-state index contributed by atoms with van der Waals surface area (Å²) in [7, 11) is 0.912. The molecule has 4 heterocycles. The molecule has 4 aromatic rings. The number of methoxy groups -OCH3 is 1. The van der Waals surface area contributed by atoms with Gasteiger partial charge in [-0.2, -0.15) is 4.98 Å². The van der Waals surface area contributed by atoms with Crippen LogP contribution in [0.1, 0.15) is 25.3 Å². The molecule has 47 heavy (non-hydrogen) atoms. The van der Waals surface area contributed by atoms with E-state index in [2.05, 4.69) is 70.4 Å². The standard InChI is InChI=1S/C33H43BrN9O3P/c1-6-21-17-26(28(46-3)18-27(21)42-13-9-22(10-14-42)43-16-15-41(2)29(44)20-43)39-33-37-19-23(34)32(40-33)38-25-8-7-24-30(36-12-11-35-24)31(25)47(4,5)45/h7-8,11-12,17-19,22,29,44H,6,9-10,13-16,20H2,1-5H3,(H2,37,38,39,40). The van der Waals surface area contributed by atoms with E-state index in [0.717, 1.165) is 51.1 Å². The predicted molar refractivity (Wildman–Crippen MR) is 193 cm³/mol. The molecular formula is C33H43BrN9O3P. The number of hydrogen-bond acceptors (Lipinski definition) is 12. The van der Waals surface area contributed by atoms with Gasteiger partial charge in [-0.05, 0) is 79.3 Å². The van der Waals surface area contributed by atoms with Crippen LogP contribution in [0.4, 0.5) is 28.8 Å². The van der Waals surface area contributed by atoms with Gasteiger partial charge in [0.15, 0.2) is 0 Å². The van der Waals surface area contributed by atoms with Crippen molar-refractivity contribution in [3.05, 3.63) is 52.9 Å². The number of anilines is 5. The number of piperidine rings is 1. The fourth-order valence-electron chi connectivity index (χ4n) is 6.57. The lowest BCUT2D eigenvalue weighted by Crippen LogP contribution is -2.56. The molecule has 2 saturated heterocycles. The molecule has 0 aliphatic carbocycles. The van der Waals surface area contributed by atoms with Crippen LogP contribution < -0.4 is 25.6 Å². The summed E-state index contributed by atoms with van der Waals surface area (Å²) in [5.74, 6) is 1.61. The maximum atomic E-state index is 13.4. The molecule has 0 saturated carbocycles. The predicted octanol–water partition coefficient (Wildman–Crippen LogP) is 5.02. The zero-order valence-electron chi connectivity index (χ0n) is 27.6. The Hall–Kier alpha value is -3.35. The van der Waals surface area contributed by atoms with Crippen molar-refractivity contribution in [3.8, 4) is 5.75 Å². The topological polar surface area (TPSA) is 132 Å². The number of halogens is 1. The highest BCUT2D eigenvalue weighted by Gasteiger charge is 2.31. The Kier molecular flexibility index (Phi) is 10.0. The van der Waals surface area contributed by atoms with Crippen LogP contribution in [0.25, 0.3) is 11.0 Å². The van der Waals surface area contributed by atoms with Gasteiger partial charge >= 0.3 is 0 Å². The van der Waals surface area contributed by atoms with Gasteiger partial charge in [-0.3, -0.25) is 19.8 Å². The molecule has 2 aliphatic rings. The third-order valence-corrected chi connectivity index (χ3v) is 11.3. The highest BCUT2D eigenvalue weighted by atomic mass is 79.9. The molecule has 14 heteroatoms. The van der Waals surface area contributed by atoms with Crippen LogP contribution in [-0.4, -0.2) is 107 Å². The molecular weight excluding hydrogens is 681 g/mol. The number of hydrogen-bond donors (Lipinski definition) is 3. The molecule has 0 bridgehead atoms. The molecule has 3 N–H and O–H groups in total. The first-order valence-electron chi connectivity index (χ1n) is 16.0. The summed E-state index contributed by atoms with van der Waals surface area (Å²) in [6.45, 7) is 10.1. The zero-order valence-corrected chi connectivity index (χ0v) is 30.1. The van der Waals surface area contributed by atoms with E-state index in [4.69, 9.17) is 9.72 Å². The minimum atomic E-state index is -2.75. The van der Waals surface area contributed by atoms with Crippen molar-refractivity contribution in [2.75, 3.05) is 75.7 Å². The average Bonchev–Trinajstić information content (AvgIpc) is 3.06. The van der Waals surface area contributed by atoms with Crippen molar-refractivity contribution in [2.24, 2.45) is 0 Å². The first-order valence-corrected chi connectivity index (χ1v) is 19.4. The summed E-state index contributed by atoms with van der Waals surface area (Å²) < 4.78 is 20.0. The fraction of sp³-hybridized carbons (Fsp3) is 0.455. The van der Waals surface area contributed by atoms with Crippen molar-refractivity contribution in [1.29, 1.82) is 0 Å². The molecule has 250 valence electrons. The Balaban J connectivity index is 1.22. The lowest BCUT2D eigenvalue weighted by atomic mass is 9.99. The van der Waals surface area contributed by atoms with Gasteiger partial charge in [-0.15, -0.1) is 0 Å². The molecule has 0 amide bonds. The maximum absolute atomic E-state index is 13.4. The number of aliphatic hydroxyl groups excluding tert-OH is 1. The number of likely N-dealkylation sites (N-methyl/N-ethyl adjacent to an activating group) is 1. The van der Waals surface area contributed by atoms with Crippen molar-refractivity contribution >= 4 is 68.2 Å². The molecule has 2 aromatic heterocycles. The van der Waals surface area contributed by atoms with Gasteiger partial charge in [0.25, 0.3) is 0 Å². The number of β-amino-alcohol motifs (C(OH)–C–C–N with tert-alkyl or cyclic N) is 1. The number of aliphatic hydroxyl groups is 1. The van der Waals surface area contributed by atoms with Gasteiger partial charge in [0.1, 0.15) is 30.5 Å². The van der Waals surface area contributed by atoms with Gasteiger partial charge in [0.05, 0.1) is 33.8 Å². The van der Waals surface area contributed by atoms with E-state index in [1.165, 1.54) is 11.3 Å². The molecule has 2 aromatic carbocycles. The van der Waals surface area contributed by atoms with Crippen molar-refractivity contribution in [2.45, 2.75) is 38.5 Å². The molecule has 12 nitrogen and oxygen atoms in total. The van der Waals surface area contributed by atoms with Gasteiger partial charge < -0.3 is 29.9 Å². The maximum Gasteiger partial charge on any atom is 0.229 e. The molecule has 1 atom stereocenters. The zero-order chi connectivity index (χ0) is 33.3. The van der Waals surface area contributed by atoms with Crippen LogP contribution >= 0.6 is 23.1 Å². The summed E-state index contributed by atoms with van der Waals surface area (Å²) in [6.07, 6.45) is 7.50. The Morgan fingerprint density at radius 2 is 1.81 bits per heavy atom. The van der Waals surface area contributed by atoms with Crippen LogP contribution in [0.15, 0.2) is 47.3 Å². The van der Waals surface area contributed by atoms with E-state index in [-0.39, 0.29) is 0 Å². The second kappa shape index (κ2) is 14.0. The van der Waals surface area contributed by atoms with Gasteiger partial charge in [-0.25, -0.2) is 4.98 Å². The van der Waals surface area contributed by atoms with Crippen LogP contribution in [0.3, 0.4) is 0 Å².